The molecule has 0 bridgehead atoms. The van der Waals surface area contributed by atoms with E-state index in [4.69, 9.17) is 0 Å². The number of halogens is 3. The Morgan fingerprint density at radius 1 is 1.52 bits per heavy atom. The summed E-state index contributed by atoms with van der Waals surface area (Å²) in [6.07, 6.45) is -3.02. The monoisotopic (exact) mass is 301 g/mol. The number of nitrogens with zero attached hydrogens (tertiary/aromatic N) is 2. The standard InChI is InChI=1S/C13H14F3N3O2/c1-8-10(3-2-4-17-8)12(21)18-9-5-11(20)19(6-9)7-13(14,15)16/h2-4,9H,5-7H2,1H3,(H,18,21)/t9-/m1/s1. The van der Waals surface area contributed by atoms with E-state index >= 15 is 0 Å². The molecule has 21 heavy (non-hydrogen) atoms. The molecule has 2 amide bonds. The molecule has 1 saturated heterocycles. The second-order valence-corrected chi connectivity index (χ2v) is 4.90. The summed E-state index contributed by atoms with van der Waals surface area (Å²) in [4.78, 5) is 28.2. The van der Waals surface area contributed by atoms with Crippen LogP contribution in [0.15, 0.2) is 18.3 Å². The Hall–Kier alpha value is -2.12. The van der Waals surface area contributed by atoms with Gasteiger partial charge in [-0.05, 0) is 19.1 Å². The third kappa shape index (κ3) is 3.93. The minimum atomic E-state index is -4.44. The van der Waals surface area contributed by atoms with E-state index in [9.17, 15) is 22.8 Å². The average Bonchev–Trinajstić information content (AvgIpc) is 2.67. The second-order valence-electron chi connectivity index (χ2n) is 4.90. The molecule has 0 unspecified atom stereocenters. The smallest absolute Gasteiger partial charge is 0.347 e. The molecule has 1 aliphatic rings. The van der Waals surface area contributed by atoms with Crippen molar-refractivity contribution in [2.75, 3.05) is 13.1 Å². The largest absolute Gasteiger partial charge is 0.406 e. The fraction of sp³-hybridized carbons (Fsp3) is 0.462. The average molecular weight is 301 g/mol. The van der Waals surface area contributed by atoms with Gasteiger partial charge in [-0.1, -0.05) is 0 Å². The van der Waals surface area contributed by atoms with E-state index in [0.717, 1.165) is 0 Å². The SMILES string of the molecule is Cc1ncccc1C(=O)N[C@@H]1CC(=O)N(CC(F)(F)F)C1. The van der Waals surface area contributed by atoms with Gasteiger partial charge < -0.3 is 10.2 Å². The Kier molecular flexibility index (Phi) is 4.15. The number of aromatic nitrogens is 1. The van der Waals surface area contributed by atoms with E-state index in [0.29, 0.717) is 16.2 Å². The summed E-state index contributed by atoms with van der Waals surface area (Å²) >= 11 is 0. The molecule has 114 valence electrons. The fourth-order valence-electron chi connectivity index (χ4n) is 2.23. The molecule has 1 N–H and O–H groups in total. The zero-order valence-electron chi connectivity index (χ0n) is 11.3. The number of carbonyl (C=O) groups excluding carboxylic acids is 2. The molecule has 1 atom stereocenters. The first-order valence-electron chi connectivity index (χ1n) is 6.33. The maximum absolute atomic E-state index is 12.3. The zero-order chi connectivity index (χ0) is 15.6. The maximum atomic E-state index is 12.3. The van der Waals surface area contributed by atoms with E-state index in [-0.39, 0.29) is 13.0 Å². The van der Waals surface area contributed by atoms with Gasteiger partial charge in [0, 0.05) is 24.9 Å². The van der Waals surface area contributed by atoms with Crippen LogP contribution in [0.25, 0.3) is 0 Å². The molecule has 1 aromatic heterocycles. The van der Waals surface area contributed by atoms with Crippen LogP contribution in [0, 0.1) is 6.92 Å². The lowest BCUT2D eigenvalue weighted by Crippen LogP contribution is -2.40. The highest BCUT2D eigenvalue weighted by atomic mass is 19.4. The predicted octanol–water partition coefficient (Wildman–Crippen LogP) is 1.28. The summed E-state index contributed by atoms with van der Waals surface area (Å²) in [6, 6.07) is 2.55. The Morgan fingerprint density at radius 3 is 2.86 bits per heavy atom. The van der Waals surface area contributed by atoms with Crippen LogP contribution in [0.2, 0.25) is 0 Å². The van der Waals surface area contributed by atoms with Crippen molar-refractivity contribution in [3.05, 3.63) is 29.6 Å². The summed E-state index contributed by atoms with van der Waals surface area (Å²) in [5.41, 5.74) is 0.866. The summed E-state index contributed by atoms with van der Waals surface area (Å²) in [6.45, 7) is 0.234. The lowest BCUT2D eigenvalue weighted by Gasteiger charge is -2.18. The normalized spacial score (nSPS) is 19.0. The maximum Gasteiger partial charge on any atom is 0.406 e. The number of hydrogen-bond donors (Lipinski definition) is 1. The van der Waals surface area contributed by atoms with Crippen molar-refractivity contribution in [2.24, 2.45) is 0 Å². The molecule has 1 fully saturated rings. The van der Waals surface area contributed by atoms with Crippen LogP contribution in [0.1, 0.15) is 22.5 Å². The predicted molar refractivity (Wildman–Crippen MR) is 67.5 cm³/mol. The molecule has 0 spiro atoms. The molecular formula is C13H14F3N3O2. The molecule has 2 heterocycles. The highest BCUT2D eigenvalue weighted by molar-refractivity contribution is 5.96. The molecule has 2 rings (SSSR count). The van der Waals surface area contributed by atoms with Crippen LogP contribution < -0.4 is 5.32 Å². The summed E-state index contributed by atoms with van der Waals surface area (Å²) < 4.78 is 36.9. The van der Waals surface area contributed by atoms with Crippen molar-refractivity contribution in [3.8, 4) is 0 Å². The van der Waals surface area contributed by atoms with Crippen LogP contribution >= 0.6 is 0 Å². The van der Waals surface area contributed by atoms with E-state index < -0.39 is 30.6 Å². The quantitative estimate of drug-likeness (QED) is 0.915. The number of aryl methyl sites for hydroxylation is 1. The highest BCUT2D eigenvalue weighted by Crippen LogP contribution is 2.21. The number of likely N-dealkylation sites (tertiary alicyclic amines) is 1. The van der Waals surface area contributed by atoms with Crippen LogP contribution in [-0.4, -0.2) is 47.0 Å². The fourth-order valence-corrected chi connectivity index (χ4v) is 2.23. The molecule has 1 aliphatic heterocycles. The molecule has 1 aromatic rings. The Morgan fingerprint density at radius 2 is 2.24 bits per heavy atom. The van der Waals surface area contributed by atoms with Gasteiger partial charge in [-0.15, -0.1) is 0 Å². The molecule has 0 radical (unpaired) electrons. The van der Waals surface area contributed by atoms with Gasteiger partial charge in [-0.2, -0.15) is 13.2 Å². The Balaban J connectivity index is 1.98. The minimum Gasteiger partial charge on any atom is -0.347 e. The molecule has 8 heteroatoms. The van der Waals surface area contributed by atoms with Gasteiger partial charge in [0.1, 0.15) is 6.54 Å². The Bertz CT molecular complexity index is 560. The van der Waals surface area contributed by atoms with Gasteiger partial charge in [0.2, 0.25) is 5.91 Å². The van der Waals surface area contributed by atoms with Gasteiger partial charge in [0.05, 0.1) is 11.6 Å². The second kappa shape index (κ2) is 5.71. The zero-order valence-corrected chi connectivity index (χ0v) is 11.3. The molecule has 5 nitrogen and oxygen atoms in total. The number of pyridine rings is 1. The third-order valence-electron chi connectivity index (χ3n) is 3.17. The van der Waals surface area contributed by atoms with Crippen LogP contribution in [-0.2, 0) is 4.79 Å². The topological polar surface area (TPSA) is 62.3 Å². The van der Waals surface area contributed by atoms with Gasteiger partial charge in [0.15, 0.2) is 0 Å². The molecule has 0 aromatic carbocycles. The number of amides is 2. The van der Waals surface area contributed by atoms with E-state index in [1.54, 1.807) is 19.1 Å². The minimum absolute atomic E-state index is 0.124. The lowest BCUT2D eigenvalue weighted by molar-refractivity contribution is -0.157. The van der Waals surface area contributed by atoms with Crippen molar-refractivity contribution < 1.29 is 22.8 Å². The lowest BCUT2D eigenvalue weighted by atomic mass is 10.1. The Labute approximate surface area is 119 Å². The first kappa shape index (κ1) is 15.3. The third-order valence-corrected chi connectivity index (χ3v) is 3.17. The van der Waals surface area contributed by atoms with Crippen molar-refractivity contribution in [2.45, 2.75) is 25.6 Å². The van der Waals surface area contributed by atoms with E-state index in [2.05, 4.69) is 10.3 Å². The van der Waals surface area contributed by atoms with Gasteiger partial charge in [-0.25, -0.2) is 0 Å². The summed E-state index contributed by atoms with van der Waals surface area (Å²) in [5, 5.41) is 2.57. The van der Waals surface area contributed by atoms with Crippen molar-refractivity contribution in [1.82, 2.24) is 15.2 Å². The molecule has 0 aliphatic carbocycles. The number of rotatable bonds is 3. The first-order valence-corrected chi connectivity index (χ1v) is 6.33. The number of carbonyl (C=O) groups is 2. The van der Waals surface area contributed by atoms with E-state index in [1.807, 2.05) is 0 Å². The van der Waals surface area contributed by atoms with Gasteiger partial charge >= 0.3 is 6.18 Å². The van der Waals surface area contributed by atoms with Crippen molar-refractivity contribution >= 4 is 11.8 Å². The highest BCUT2D eigenvalue weighted by Gasteiger charge is 2.38. The number of hydrogen-bond acceptors (Lipinski definition) is 3. The summed E-state index contributed by atoms with van der Waals surface area (Å²) in [7, 11) is 0. The van der Waals surface area contributed by atoms with Crippen LogP contribution in [0.5, 0.6) is 0 Å². The van der Waals surface area contributed by atoms with Gasteiger partial charge in [0.25, 0.3) is 5.91 Å². The van der Waals surface area contributed by atoms with E-state index in [1.165, 1.54) is 6.20 Å². The van der Waals surface area contributed by atoms with Crippen LogP contribution in [0.3, 0.4) is 0 Å². The summed E-state index contributed by atoms with van der Waals surface area (Å²) in [5.74, 6) is -1.05. The van der Waals surface area contributed by atoms with Crippen LogP contribution in [0.4, 0.5) is 13.2 Å². The first-order chi connectivity index (χ1) is 9.76. The van der Waals surface area contributed by atoms with Crippen molar-refractivity contribution in [1.29, 1.82) is 0 Å². The van der Waals surface area contributed by atoms with Gasteiger partial charge in [-0.3, -0.25) is 14.6 Å². The molecule has 0 saturated carbocycles. The van der Waals surface area contributed by atoms with Crippen molar-refractivity contribution in [3.63, 3.8) is 0 Å². The molecular weight excluding hydrogens is 287 g/mol. The number of alkyl halides is 3. The number of nitrogens with one attached hydrogen (secondary N) is 1.